The predicted octanol–water partition coefficient (Wildman–Crippen LogP) is 8.11. The van der Waals surface area contributed by atoms with Crippen LogP contribution in [0.15, 0.2) is 152 Å². The number of aromatic nitrogens is 2. The Morgan fingerprint density at radius 3 is 1.71 bits per heavy atom. The van der Waals surface area contributed by atoms with E-state index in [2.05, 4.69) is 126 Å². The molecule has 0 N–H and O–H groups in total. The van der Waals surface area contributed by atoms with Gasteiger partial charge in [-0.25, -0.2) is 4.98 Å². The average Bonchev–Trinajstić information content (AvgIpc) is 3.01. The molecule has 2 heterocycles. The molecule has 6 aromatic rings. The van der Waals surface area contributed by atoms with Crippen molar-refractivity contribution in [2.75, 3.05) is 0 Å². The van der Waals surface area contributed by atoms with E-state index in [9.17, 15) is 0 Å². The lowest BCUT2D eigenvalue weighted by Gasteiger charge is -2.19. The second kappa shape index (κ2) is 11.3. The topological polar surface area (TPSA) is 25.8 Å². The summed E-state index contributed by atoms with van der Waals surface area (Å²) in [7, 11) is -0.524. The molecule has 4 aromatic carbocycles. The molecule has 0 saturated carbocycles. The fraction of sp³-hybridized carbons (Fsp3) is 0.0286. The van der Waals surface area contributed by atoms with E-state index in [1.165, 1.54) is 21.7 Å². The maximum absolute atomic E-state index is 5.08. The summed E-state index contributed by atoms with van der Waals surface area (Å²) in [5.41, 5.74) is 7.44. The van der Waals surface area contributed by atoms with Crippen molar-refractivity contribution in [2.45, 2.75) is 6.16 Å². The number of hydrogen-bond acceptors (Lipinski definition) is 2. The molecule has 0 aliphatic heterocycles. The standard InChI is InChI=1S/C35H27N2P/c1-4-14-28(15-5-1)30-24-34(37-35(25-30)33-21-10-11-22-36-33)29-16-12-13-27(23-29)26-38(31-17-6-2-7-18-31)32-19-8-3-9-20-32/h1-25H,26H2. The lowest BCUT2D eigenvalue weighted by Crippen LogP contribution is -2.12. The van der Waals surface area contributed by atoms with Crippen LogP contribution in [0.2, 0.25) is 0 Å². The molecular weight excluding hydrogens is 479 g/mol. The average molecular weight is 507 g/mol. The monoisotopic (exact) mass is 506 g/mol. The van der Waals surface area contributed by atoms with E-state index < -0.39 is 7.92 Å². The Balaban J connectivity index is 1.41. The number of pyridine rings is 2. The lowest BCUT2D eigenvalue weighted by atomic mass is 10.0. The van der Waals surface area contributed by atoms with Crippen molar-refractivity contribution in [1.82, 2.24) is 9.97 Å². The number of nitrogens with zero attached hydrogens (tertiary/aromatic N) is 2. The fourth-order valence-electron chi connectivity index (χ4n) is 4.68. The fourth-order valence-corrected chi connectivity index (χ4v) is 6.97. The van der Waals surface area contributed by atoms with Crippen LogP contribution in [0.5, 0.6) is 0 Å². The maximum Gasteiger partial charge on any atom is 0.0899 e. The minimum absolute atomic E-state index is 0.524. The summed E-state index contributed by atoms with van der Waals surface area (Å²) in [5, 5.41) is 2.78. The molecule has 0 bridgehead atoms. The van der Waals surface area contributed by atoms with Crippen LogP contribution in [-0.2, 0) is 6.16 Å². The van der Waals surface area contributed by atoms with E-state index in [1.807, 2.05) is 30.5 Å². The van der Waals surface area contributed by atoms with Gasteiger partial charge in [-0.1, -0.05) is 115 Å². The van der Waals surface area contributed by atoms with Gasteiger partial charge >= 0.3 is 0 Å². The first kappa shape index (κ1) is 24.0. The van der Waals surface area contributed by atoms with Crippen LogP contribution in [0.1, 0.15) is 5.56 Å². The second-order valence-electron chi connectivity index (χ2n) is 9.16. The molecule has 182 valence electrons. The largest absolute Gasteiger partial charge is 0.255 e. The molecule has 3 heteroatoms. The van der Waals surface area contributed by atoms with E-state index in [0.29, 0.717) is 0 Å². The van der Waals surface area contributed by atoms with Crippen molar-refractivity contribution < 1.29 is 0 Å². The molecule has 0 fully saturated rings. The zero-order valence-electron chi connectivity index (χ0n) is 21.0. The zero-order valence-corrected chi connectivity index (χ0v) is 21.9. The number of benzene rings is 4. The Hall–Kier alpha value is -4.39. The Labute approximate surface area is 225 Å². The Bertz CT molecular complexity index is 1520. The highest BCUT2D eigenvalue weighted by atomic mass is 31.1. The lowest BCUT2D eigenvalue weighted by molar-refractivity contribution is 1.25. The molecular formula is C35H27N2P. The van der Waals surface area contributed by atoms with Crippen molar-refractivity contribution in [1.29, 1.82) is 0 Å². The smallest absolute Gasteiger partial charge is 0.0899 e. The Morgan fingerprint density at radius 2 is 1.05 bits per heavy atom. The van der Waals surface area contributed by atoms with Gasteiger partial charge in [0.2, 0.25) is 0 Å². The van der Waals surface area contributed by atoms with Crippen LogP contribution >= 0.6 is 7.92 Å². The third-order valence-electron chi connectivity index (χ3n) is 6.56. The third kappa shape index (κ3) is 5.47. The molecule has 0 aliphatic rings. The zero-order chi connectivity index (χ0) is 25.6. The summed E-state index contributed by atoms with van der Waals surface area (Å²) in [6, 6.07) is 51.4. The summed E-state index contributed by atoms with van der Waals surface area (Å²) < 4.78 is 0. The van der Waals surface area contributed by atoms with Crippen molar-refractivity contribution in [3.8, 4) is 33.8 Å². The van der Waals surface area contributed by atoms with Gasteiger partial charge in [0.1, 0.15) is 0 Å². The molecule has 0 unspecified atom stereocenters. The number of hydrogen-bond donors (Lipinski definition) is 0. The first-order chi connectivity index (χ1) is 18.8. The minimum Gasteiger partial charge on any atom is -0.255 e. The van der Waals surface area contributed by atoms with Crippen LogP contribution < -0.4 is 10.6 Å². The third-order valence-corrected chi connectivity index (χ3v) is 9.08. The SMILES string of the molecule is c1ccc(-c2cc(-c3cccc(CP(c4ccccc4)c4ccccc4)c3)nc(-c3ccccn3)c2)cc1. The highest BCUT2D eigenvalue weighted by Crippen LogP contribution is 2.39. The minimum atomic E-state index is -0.524. The molecule has 0 radical (unpaired) electrons. The second-order valence-corrected chi connectivity index (χ2v) is 11.4. The molecule has 2 aromatic heterocycles. The van der Waals surface area contributed by atoms with Gasteiger partial charge < -0.3 is 0 Å². The maximum atomic E-state index is 5.08. The molecule has 6 rings (SSSR count). The number of rotatable bonds is 7. The van der Waals surface area contributed by atoms with Gasteiger partial charge in [-0.05, 0) is 65.6 Å². The van der Waals surface area contributed by atoms with Gasteiger partial charge in [0.05, 0.1) is 17.1 Å². The van der Waals surface area contributed by atoms with E-state index in [4.69, 9.17) is 4.98 Å². The van der Waals surface area contributed by atoms with Crippen LogP contribution in [0, 0.1) is 0 Å². The van der Waals surface area contributed by atoms with Crippen LogP contribution in [0.4, 0.5) is 0 Å². The Morgan fingerprint density at radius 1 is 0.447 bits per heavy atom. The molecule has 0 saturated heterocycles. The molecule has 0 amide bonds. The van der Waals surface area contributed by atoms with Crippen molar-refractivity contribution >= 4 is 18.5 Å². The summed E-state index contributed by atoms with van der Waals surface area (Å²) in [5.74, 6) is 0. The van der Waals surface area contributed by atoms with E-state index in [0.717, 1.165) is 34.4 Å². The predicted molar refractivity (Wildman–Crippen MR) is 161 cm³/mol. The quantitative estimate of drug-likeness (QED) is 0.204. The molecule has 0 spiro atoms. The van der Waals surface area contributed by atoms with Crippen LogP contribution in [0.3, 0.4) is 0 Å². The highest BCUT2D eigenvalue weighted by Gasteiger charge is 2.15. The van der Waals surface area contributed by atoms with Crippen molar-refractivity contribution in [3.05, 3.63) is 157 Å². The molecule has 0 aliphatic carbocycles. The van der Waals surface area contributed by atoms with Gasteiger partial charge in [0, 0.05) is 17.9 Å². The van der Waals surface area contributed by atoms with Gasteiger partial charge in [0.15, 0.2) is 0 Å². The summed E-state index contributed by atoms with van der Waals surface area (Å²) in [6.07, 6.45) is 2.80. The summed E-state index contributed by atoms with van der Waals surface area (Å²) in [4.78, 5) is 9.66. The van der Waals surface area contributed by atoms with E-state index >= 15 is 0 Å². The molecule has 2 nitrogen and oxygen atoms in total. The van der Waals surface area contributed by atoms with E-state index in [1.54, 1.807) is 0 Å². The van der Waals surface area contributed by atoms with Gasteiger partial charge in [0.25, 0.3) is 0 Å². The normalized spacial score (nSPS) is 11.0. The Kier molecular flexibility index (Phi) is 7.15. The van der Waals surface area contributed by atoms with Gasteiger partial charge in [-0.15, -0.1) is 0 Å². The molecule has 0 atom stereocenters. The first-order valence-electron chi connectivity index (χ1n) is 12.8. The van der Waals surface area contributed by atoms with Crippen LogP contribution in [-0.4, -0.2) is 9.97 Å². The first-order valence-corrected chi connectivity index (χ1v) is 14.3. The van der Waals surface area contributed by atoms with Crippen LogP contribution in [0.25, 0.3) is 33.8 Å². The summed E-state index contributed by atoms with van der Waals surface area (Å²) in [6.45, 7) is 0. The van der Waals surface area contributed by atoms with Crippen molar-refractivity contribution in [3.63, 3.8) is 0 Å². The molecule has 38 heavy (non-hydrogen) atoms. The van der Waals surface area contributed by atoms with Gasteiger partial charge in [-0.2, -0.15) is 0 Å². The summed E-state index contributed by atoms with van der Waals surface area (Å²) >= 11 is 0. The van der Waals surface area contributed by atoms with E-state index in [-0.39, 0.29) is 0 Å². The highest BCUT2D eigenvalue weighted by molar-refractivity contribution is 7.72. The van der Waals surface area contributed by atoms with Crippen molar-refractivity contribution in [2.24, 2.45) is 0 Å². The van der Waals surface area contributed by atoms with Gasteiger partial charge in [-0.3, -0.25) is 4.98 Å².